The Balaban J connectivity index is 1.23. The lowest BCUT2D eigenvalue weighted by Gasteiger charge is -2.59. The minimum Gasteiger partial charge on any atom is -0.434 e. The van der Waals surface area contributed by atoms with Gasteiger partial charge in [-0.15, -0.1) is 0 Å². The average molecular weight is 503 g/mol. The minimum absolute atomic E-state index is 0.0508. The van der Waals surface area contributed by atoms with Gasteiger partial charge in [0, 0.05) is 11.8 Å². The summed E-state index contributed by atoms with van der Waals surface area (Å²) in [4.78, 5) is 12.2. The fourth-order valence-electron chi connectivity index (χ4n) is 10.2. The fraction of sp³-hybridized carbons (Fsp3) is 0.969. The van der Waals surface area contributed by atoms with Crippen molar-refractivity contribution < 1.29 is 19.0 Å². The molecule has 0 aromatic heterocycles. The summed E-state index contributed by atoms with van der Waals surface area (Å²) < 4.78 is 17.8. The molecule has 1 spiro atoms. The van der Waals surface area contributed by atoms with Crippen LogP contribution < -0.4 is 0 Å². The summed E-state index contributed by atoms with van der Waals surface area (Å²) in [6.07, 6.45) is 15.8. The third-order valence-electron chi connectivity index (χ3n) is 12.2. The molecule has 4 aliphatic carbocycles. The second-order valence-electron chi connectivity index (χ2n) is 14.5. The Bertz CT molecular complexity index is 795. The van der Waals surface area contributed by atoms with Crippen molar-refractivity contribution in [2.75, 3.05) is 6.61 Å². The zero-order chi connectivity index (χ0) is 25.7. The van der Waals surface area contributed by atoms with Crippen molar-refractivity contribution in [3.8, 4) is 0 Å². The van der Waals surface area contributed by atoms with E-state index in [0.29, 0.717) is 18.1 Å². The molecule has 0 radical (unpaired) electrons. The van der Waals surface area contributed by atoms with Crippen LogP contribution in [0, 0.1) is 46.3 Å². The zero-order valence-corrected chi connectivity index (χ0v) is 24.2. The van der Waals surface area contributed by atoms with Crippen LogP contribution in [0.2, 0.25) is 0 Å². The van der Waals surface area contributed by atoms with Crippen molar-refractivity contribution in [3.63, 3.8) is 0 Å². The van der Waals surface area contributed by atoms with Crippen LogP contribution in [0.1, 0.15) is 125 Å². The highest BCUT2D eigenvalue weighted by Crippen LogP contribution is 2.74. The highest BCUT2D eigenvalue weighted by atomic mass is 16.7. The van der Waals surface area contributed by atoms with E-state index in [2.05, 4.69) is 41.5 Å². The van der Waals surface area contributed by atoms with Gasteiger partial charge >= 0.3 is 6.16 Å². The van der Waals surface area contributed by atoms with Gasteiger partial charge in [0.2, 0.25) is 0 Å². The molecule has 10 atom stereocenters. The number of ether oxygens (including phenoxy) is 3. The number of fused-ring (bicyclic) bond motifs is 4. The summed E-state index contributed by atoms with van der Waals surface area (Å²) in [5, 5.41) is 0. The smallest absolute Gasteiger partial charge is 0.434 e. The number of hydrogen-bond donors (Lipinski definition) is 0. The normalized spacial score (nSPS) is 45.8. The summed E-state index contributed by atoms with van der Waals surface area (Å²) >= 11 is 0. The van der Waals surface area contributed by atoms with Crippen LogP contribution in [-0.4, -0.2) is 30.6 Å². The van der Waals surface area contributed by atoms with Gasteiger partial charge in [-0.2, -0.15) is 0 Å². The van der Waals surface area contributed by atoms with Gasteiger partial charge in [-0.05, 0) is 92.3 Å². The van der Waals surface area contributed by atoms with Crippen molar-refractivity contribution >= 4 is 6.16 Å². The second-order valence-corrected chi connectivity index (χ2v) is 14.5. The van der Waals surface area contributed by atoms with Crippen LogP contribution in [0.4, 0.5) is 4.79 Å². The lowest BCUT2D eigenvalue weighted by molar-refractivity contribution is -0.120. The molecule has 2 unspecified atom stereocenters. The molecule has 5 fully saturated rings. The van der Waals surface area contributed by atoms with Gasteiger partial charge in [0.1, 0.15) is 11.7 Å². The van der Waals surface area contributed by atoms with Crippen molar-refractivity contribution in [2.45, 2.75) is 143 Å². The van der Waals surface area contributed by atoms with Crippen LogP contribution in [0.25, 0.3) is 0 Å². The highest BCUT2D eigenvalue weighted by Gasteiger charge is 2.76. The van der Waals surface area contributed by atoms with Gasteiger partial charge in [-0.1, -0.05) is 67.2 Å². The Morgan fingerprint density at radius 3 is 2.56 bits per heavy atom. The molecule has 36 heavy (non-hydrogen) atoms. The summed E-state index contributed by atoms with van der Waals surface area (Å²) in [7, 11) is 0. The Hall–Kier alpha value is -0.770. The molecule has 206 valence electrons. The van der Waals surface area contributed by atoms with E-state index in [1.54, 1.807) is 0 Å². The first kappa shape index (κ1) is 26.8. The molecular formula is C32H54O4. The number of unbranched alkanes of at least 4 members (excludes halogenated alkanes) is 1. The van der Waals surface area contributed by atoms with E-state index in [1.165, 1.54) is 51.4 Å². The molecule has 0 bridgehead atoms. The Morgan fingerprint density at radius 2 is 1.81 bits per heavy atom. The molecule has 0 amide bonds. The molecule has 1 heterocycles. The Labute approximate surface area is 221 Å². The van der Waals surface area contributed by atoms with Gasteiger partial charge in [-0.25, -0.2) is 4.79 Å². The van der Waals surface area contributed by atoms with Crippen LogP contribution in [0.15, 0.2) is 0 Å². The SMILES string of the molecule is CCCCOC(=O)O[C@H]1CC[C@]2(C)[C@H]3CC[C@]4(C)[C@@H](C(C)CCCC(C)C)CC[C@H]4[C@@H]3C[C@@H]3OC32C1. The van der Waals surface area contributed by atoms with Crippen LogP contribution in [-0.2, 0) is 14.2 Å². The van der Waals surface area contributed by atoms with Crippen molar-refractivity contribution in [2.24, 2.45) is 46.3 Å². The monoisotopic (exact) mass is 502 g/mol. The molecular weight excluding hydrogens is 448 g/mol. The molecule has 1 aliphatic heterocycles. The van der Waals surface area contributed by atoms with Gasteiger partial charge in [0.25, 0.3) is 0 Å². The first-order valence-electron chi connectivity index (χ1n) is 15.7. The molecule has 5 aliphatic rings. The van der Waals surface area contributed by atoms with Gasteiger partial charge in [-0.3, -0.25) is 0 Å². The quantitative estimate of drug-likeness (QED) is 0.180. The zero-order valence-electron chi connectivity index (χ0n) is 24.2. The molecule has 4 heteroatoms. The van der Waals surface area contributed by atoms with E-state index in [0.717, 1.165) is 67.6 Å². The van der Waals surface area contributed by atoms with E-state index in [4.69, 9.17) is 14.2 Å². The van der Waals surface area contributed by atoms with E-state index in [-0.39, 0.29) is 17.1 Å². The predicted molar refractivity (Wildman–Crippen MR) is 144 cm³/mol. The molecule has 0 aromatic carbocycles. The maximum atomic E-state index is 12.2. The second kappa shape index (κ2) is 10.1. The number of hydrogen-bond acceptors (Lipinski definition) is 4. The fourth-order valence-corrected chi connectivity index (χ4v) is 10.2. The van der Waals surface area contributed by atoms with Gasteiger partial charge < -0.3 is 14.2 Å². The van der Waals surface area contributed by atoms with Crippen LogP contribution in [0.5, 0.6) is 0 Å². The number of carbonyl (C=O) groups is 1. The lowest BCUT2D eigenvalue weighted by Crippen LogP contribution is -2.59. The summed E-state index contributed by atoms with van der Waals surface area (Å²) in [5.41, 5.74) is 0.692. The van der Waals surface area contributed by atoms with E-state index < -0.39 is 6.16 Å². The molecule has 1 saturated heterocycles. The molecule has 4 saturated carbocycles. The van der Waals surface area contributed by atoms with Crippen molar-refractivity contribution in [3.05, 3.63) is 0 Å². The Kier molecular flexibility index (Phi) is 7.51. The Morgan fingerprint density at radius 1 is 1.00 bits per heavy atom. The number of rotatable bonds is 9. The van der Waals surface area contributed by atoms with Crippen molar-refractivity contribution in [1.29, 1.82) is 0 Å². The standard InChI is InChI=1S/C32H54O4/c1-7-8-18-34-29(33)35-23-14-17-31(6)27-15-16-30(5)25(22(4)11-9-10-21(2)3)12-13-26(30)24(27)19-28-32(31,20-23)36-28/h21-28H,7-20H2,1-6H3/t22?,23-,24-,25+,26-,27-,28-,30+,31+,32?/m0/s1. The number of epoxide rings is 1. The highest BCUT2D eigenvalue weighted by molar-refractivity contribution is 5.60. The predicted octanol–water partition coefficient (Wildman–Crippen LogP) is 8.56. The average Bonchev–Trinajstić information content (AvgIpc) is 3.40. The maximum Gasteiger partial charge on any atom is 0.508 e. The van der Waals surface area contributed by atoms with E-state index in [1.807, 2.05) is 0 Å². The summed E-state index contributed by atoms with van der Waals surface area (Å²) in [6.45, 7) is 15.1. The third-order valence-corrected chi connectivity index (χ3v) is 12.2. The summed E-state index contributed by atoms with van der Waals surface area (Å²) in [6, 6.07) is 0. The molecule has 5 rings (SSSR count). The molecule has 0 N–H and O–H groups in total. The first-order valence-corrected chi connectivity index (χ1v) is 15.7. The maximum absolute atomic E-state index is 12.2. The van der Waals surface area contributed by atoms with Crippen LogP contribution in [0.3, 0.4) is 0 Å². The number of carbonyl (C=O) groups excluding carboxylic acids is 1. The molecule has 4 nitrogen and oxygen atoms in total. The third kappa shape index (κ3) is 4.43. The van der Waals surface area contributed by atoms with Crippen molar-refractivity contribution in [1.82, 2.24) is 0 Å². The van der Waals surface area contributed by atoms with E-state index in [9.17, 15) is 4.79 Å². The topological polar surface area (TPSA) is 48.1 Å². The van der Waals surface area contributed by atoms with Crippen LogP contribution >= 0.6 is 0 Å². The lowest BCUT2D eigenvalue weighted by atomic mass is 9.44. The summed E-state index contributed by atoms with van der Waals surface area (Å²) in [5.74, 6) is 5.04. The minimum atomic E-state index is -0.479. The van der Waals surface area contributed by atoms with Gasteiger partial charge in [0.15, 0.2) is 0 Å². The van der Waals surface area contributed by atoms with Gasteiger partial charge in [0.05, 0.1) is 12.7 Å². The first-order chi connectivity index (χ1) is 17.1. The van der Waals surface area contributed by atoms with E-state index >= 15 is 0 Å². The largest absolute Gasteiger partial charge is 0.508 e. The molecule has 0 aromatic rings.